The van der Waals surface area contributed by atoms with Crippen LogP contribution in [0.1, 0.15) is 52.7 Å². The van der Waals surface area contributed by atoms with Gasteiger partial charge in [-0.25, -0.2) is 26.3 Å². The number of nitrogens with one attached hydrogen (secondary N) is 2. The second-order valence-corrected chi connectivity index (χ2v) is 16.3. The Morgan fingerprint density at radius 1 is 0.750 bits per heavy atom. The van der Waals surface area contributed by atoms with Crippen molar-refractivity contribution >= 4 is 37.5 Å². The van der Waals surface area contributed by atoms with Gasteiger partial charge >= 0.3 is 0 Å². The van der Waals surface area contributed by atoms with Gasteiger partial charge in [-0.1, -0.05) is 6.07 Å². The maximum absolute atomic E-state index is 12.2. The van der Waals surface area contributed by atoms with E-state index in [1.165, 1.54) is 24.3 Å². The normalized spacial score (nSPS) is 12.3. The van der Waals surface area contributed by atoms with E-state index in [-0.39, 0.29) is 27.6 Å². The van der Waals surface area contributed by atoms with Crippen LogP contribution in [0.25, 0.3) is 6.08 Å². The summed E-state index contributed by atoms with van der Waals surface area (Å²) in [7, 11) is 3.00. The first-order valence-corrected chi connectivity index (χ1v) is 17.3. The van der Waals surface area contributed by atoms with Crippen molar-refractivity contribution in [3.63, 3.8) is 0 Å². The quantitative estimate of drug-likeness (QED) is 0.190. The van der Waals surface area contributed by atoms with Crippen LogP contribution in [0, 0.1) is 27.2 Å². The average Bonchev–Trinajstić information content (AvgIpc) is 2.90. The molecule has 0 radical (unpaired) electrons. The van der Waals surface area contributed by atoms with Gasteiger partial charge in [0.25, 0.3) is 11.4 Å². The van der Waals surface area contributed by atoms with Gasteiger partial charge in [0.1, 0.15) is 0 Å². The number of methoxy groups -OCH3 is 2. The van der Waals surface area contributed by atoms with E-state index in [2.05, 4.69) is 9.44 Å². The fourth-order valence-electron chi connectivity index (χ4n) is 3.61. The van der Waals surface area contributed by atoms with Gasteiger partial charge in [0.2, 0.25) is 26.5 Å². The Morgan fingerprint density at radius 2 is 1.15 bits per heavy atom. The number of hydrogen-bond acceptors (Lipinski definition) is 12. The van der Waals surface area contributed by atoms with Crippen LogP contribution >= 0.6 is 0 Å². The van der Waals surface area contributed by atoms with Gasteiger partial charge in [0.15, 0.2) is 0 Å². The molecule has 0 atom stereocenters. The molecule has 0 saturated heterocycles. The Hall–Kier alpha value is -3.52. The van der Waals surface area contributed by atoms with Crippen LogP contribution in [0.4, 0.5) is 11.4 Å². The Morgan fingerprint density at radius 3 is 1.46 bits per heavy atom. The molecule has 0 bridgehead atoms. The van der Waals surface area contributed by atoms with E-state index in [0.29, 0.717) is 11.1 Å². The lowest BCUT2D eigenvalue weighted by atomic mass is 10.1. The second-order valence-electron chi connectivity index (χ2n) is 12.9. The maximum atomic E-state index is 12.2. The maximum Gasteiger partial charge on any atom is 0.277 e. The molecule has 0 unspecified atom stereocenters. The average molecular weight is 719 g/mol. The highest BCUT2D eigenvalue weighted by molar-refractivity contribution is 7.89. The molecule has 272 valence electrons. The molecule has 2 aromatic carbocycles. The van der Waals surface area contributed by atoms with Gasteiger partial charge in [-0.15, -0.1) is 0 Å². The van der Waals surface area contributed by atoms with Crippen LogP contribution < -0.4 is 9.44 Å². The molecule has 0 spiro atoms. The first kappa shape index (κ1) is 44.5. The summed E-state index contributed by atoms with van der Waals surface area (Å²) in [6, 6.07) is 7.71. The van der Waals surface area contributed by atoms with Gasteiger partial charge in [-0.2, -0.15) is 0 Å². The van der Waals surface area contributed by atoms with E-state index in [9.17, 15) is 37.1 Å². The number of sulfonamides is 2. The highest BCUT2D eigenvalue weighted by Gasteiger charge is 2.26. The second kappa shape index (κ2) is 18.3. The fraction of sp³-hybridized carbons (Fsp3) is 0.533. The number of benzene rings is 2. The van der Waals surface area contributed by atoms with Gasteiger partial charge in [0, 0.05) is 57.1 Å². The summed E-state index contributed by atoms with van der Waals surface area (Å²) in [5, 5.41) is 22.0. The monoisotopic (exact) mass is 718 g/mol. The zero-order valence-corrected chi connectivity index (χ0v) is 31.5. The van der Waals surface area contributed by atoms with Gasteiger partial charge in [0.05, 0.1) is 25.2 Å². The van der Waals surface area contributed by atoms with Crippen molar-refractivity contribution in [1.82, 2.24) is 19.2 Å². The Balaban J connectivity index is 0.000000762. The first-order valence-electron chi connectivity index (χ1n) is 14.4. The van der Waals surface area contributed by atoms with Crippen LogP contribution in [0.3, 0.4) is 0 Å². The SMILES string of the molecule is CN(C)/C=C/c1ccc(S(=O)(=O)NC(C)(C)C)cc1[N+](=O)[O-].COC(OC)N(C)C.Cc1ccc(S(=O)(=O)NC(C)(C)C)cc1[N+](=O)[O-]. The van der Waals surface area contributed by atoms with E-state index in [1.807, 2.05) is 19.0 Å². The molecule has 16 nitrogen and oxygen atoms in total. The Kier molecular flexibility index (Phi) is 17.0. The lowest BCUT2D eigenvalue weighted by molar-refractivity contribution is -0.385. The fourth-order valence-corrected chi connectivity index (χ4v) is 6.49. The van der Waals surface area contributed by atoms with Crippen LogP contribution in [0.15, 0.2) is 52.4 Å². The Labute approximate surface area is 284 Å². The summed E-state index contributed by atoms with van der Waals surface area (Å²) in [4.78, 5) is 24.1. The van der Waals surface area contributed by atoms with Gasteiger partial charge < -0.3 is 14.4 Å². The minimum atomic E-state index is -3.81. The molecule has 2 N–H and O–H groups in total. The van der Waals surface area contributed by atoms with E-state index in [4.69, 9.17) is 9.47 Å². The molecule has 0 amide bonds. The molecule has 0 aliphatic rings. The highest BCUT2D eigenvalue weighted by Crippen LogP contribution is 2.25. The van der Waals surface area contributed by atoms with E-state index < -0.39 is 41.0 Å². The molecule has 0 aliphatic carbocycles. The van der Waals surface area contributed by atoms with Crippen molar-refractivity contribution in [2.45, 2.75) is 75.7 Å². The van der Waals surface area contributed by atoms with Crippen LogP contribution in [0.2, 0.25) is 0 Å². The van der Waals surface area contributed by atoms with Crippen molar-refractivity contribution in [3.8, 4) is 0 Å². The van der Waals surface area contributed by atoms with Gasteiger partial charge in [-0.05, 0) is 93.0 Å². The molecule has 0 aliphatic heterocycles. The molecule has 2 rings (SSSR count). The van der Waals surface area contributed by atoms with Crippen LogP contribution in [-0.2, 0) is 29.5 Å². The summed E-state index contributed by atoms with van der Waals surface area (Å²) >= 11 is 0. The number of nitro benzene ring substituents is 2. The molecule has 48 heavy (non-hydrogen) atoms. The minimum Gasteiger partial charge on any atom is -0.383 e. The smallest absolute Gasteiger partial charge is 0.277 e. The molecule has 18 heteroatoms. The van der Waals surface area contributed by atoms with Crippen molar-refractivity contribution in [3.05, 3.63) is 74.0 Å². The summed E-state index contributed by atoms with van der Waals surface area (Å²) < 4.78 is 63.1. The molecule has 0 fully saturated rings. The molecule has 0 aromatic heterocycles. The minimum absolute atomic E-state index is 0.102. The Bertz CT molecular complexity index is 1630. The molecular formula is C30H50N6O10S2. The summed E-state index contributed by atoms with van der Waals surface area (Å²) in [5.74, 6) is 0. The standard InChI is InChI=1S/C14H21N3O4S.C11H16N2O4S.C5H13NO2/c1-14(2,3)15-22(20,21)12-7-6-11(8-9-16(4)5)13(10-12)17(18)19;1-8-5-6-9(7-10(8)13(14)15)18(16,17)12-11(2,3)4;1-6(2)5(7-3)8-4/h6-10,15H,1-5H3;5-7,12H,1-4H3;5H,1-4H3/b9-8+;;. The number of ether oxygens (including phenoxy) is 2. The molecule has 2 aromatic rings. The largest absolute Gasteiger partial charge is 0.383 e. The zero-order valence-electron chi connectivity index (χ0n) is 29.9. The number of nitro groups is 2. The zero-order chi connectivity index (χ0) is 37.8. The summed E-state index contributed by atoms with van der Waals surface area (Å²) in [5.41, 5.74) is -1.000. The van der Waals surface area contributed by atoms with Crippen LogP contribution in [-0.4, -0.2) is 96.4 Å². The molecular weight excluding hydrogens is 668 g/mol. The lowest BCUT2D eigenvalue weighted by Gasteiger charge is -2.20. The van der Waals surface area contributed by atoms with Gasteiger partial charge in [-0.3, -0.25) is 25.1 Å². The molecule has 0 saturated carbocycles. The van der Waals surface area contributed by atoms with Crippen molar-refractivity contribution in [2.75, 3.05) is 42.4 Å². The van der Waals surface area contributed by atoms with Crippen molar-refractivity contribution < 1.29 is 36.2 Å². The number of hydrogen-bond donors (Lipinski definition) is 2. The summed E-state index contributed by atoms with van der Waals surface area (Å²) in [6.45, 7) is 11.8. The number of nitrogens with zero attached hydrogens (tertiary/aromatic N) is 4. The van der Waals surface area contributed by atoms with Crippen molar-refractivity contribution in [1.29, 1.82) is 0 Å². The third kappa shape index (κ3) is 16.1. The molecule has 0 heterocycles. The van der Waals surface area contributed by atoms with Crippen LogP contribution in [0.5, 0.6) is 0 Å². The predicted molar refractivity (Wildman–Crippen MR) is 185 cm³/mol. The predicted octanol–water partition coefficient (Wildman–Crippen LogP) is 4.31. The van der Waals surface area contributed by atoms with Crippen molar-refractivity contribution in [2.24, 2.45) is 0 Å². The highest BCUT2D eigenvalue weighted by atomic mass is 32.2. The van der Waals surface area contributed by atoms with E-state index in [0.717, 1.165) is 12.1 Å². The number of aryl methyl sites for hydroxylation is 1. The first-order chi connectivity index (χ1) is 21.7. The third-order valence-electron chi connectivity index (χ3n) is 5.45. The lowest BCUT2D eigenvalue weighted by Crippen LogP contribution is -2.40. The topological polar surface area (TPSA) is 204 Å². The number of rotatable bonds is 11. The van der Waals surface area contributed by atoms with E-state index >= 15 is 0 Å². The summed E-state index contributed by atoms with van der Waals surface area (Å²) in [6.07, 6.45) is 3.00. The third-order valence-corrected chi connectivity index (χ3v) is 8.97. The van der Waals surface area contributed by atoms with E-state index in [1.54, 1.807) is 94.0 Å².